The Balaban J connectivity index is 1.57. The molecule has 5 nitrogen and oxygen atoms in total. The Kier molecular flexibility index (Phi) is 7.11. The largest absolute Gasteiger partial charge is 0.458 e. The number of ether oxygens (including phenoxy) is 1. The Morgan fingerprint density at radius 2 is 1.89 bits per heavy atom. The van der Waals surface area contributed by atoms with Crippen LogP contribution in [-0.2, 0) is 11.3 Å². The van der Waals surface area contributed by atoms with Crippen LogP contribution in [0.1, 0.15) is 57.9 Å². The molecule has 3 aromatic rings. The molecule has 1 amide bonds. The van der Waals surface area contributed by atoms with Crippen molar-refractivity contribution in [1.29, 1.82) is 0 Å². The summed E-state index contributed by atoms with van der Waals surface area (Å²) in [5, 5.41) is 3.96. The number of rotatable bonds is 5. The first kappa shape index (κ1) is 25.5. The topological polar surface area (TPSA) is 54.7 Å². The molecule has 1 unspecified atom stereocenters. The Hall–Kier alpha value is -2.64. The minimum atomic E-state index is -2.58. The molecule has 1 N–H and O–H groups in total. The van der Waals surface area contributed by atoms with Crippen molar-refractivity contribution in [1.82, 2.24) is 10.2 Å². The lowest BCUT2D eigenvalue weighted by atomic mass is 9.93. The van der Waals surface area contributed by atoms with E-state index in [4.69, 9.17) is 20.8 Å². The van der Waals surface area contributed by atoms with Crippen LogP contribution in [0.5, 0.6) is 0 Å². The van der Waals surface area contributed by atoms with Gasteiger partial charge in [-0.3, -0.25) is 4.90 Å². The van der Waals surface area contributed by atoms with E-state index in [0.29, 0.717) is 29.5 Å². The van der Waals surface area contributed by atoms with Crippen molar-refractivity contribution in [3.63, 3.8) is 0 Å². The van der Waals surface area contributed by atoms with Crippen molar-refractivity contribution >= 4 is 28.7 Å². The van der Waals surface area contributed by atoms with Gasteiger partial charge in [-0.1, -0.05) is 35.9 Å². The molecule has 4 rings (SSSR count). The number of piperidine rings is 1. The van der Waals surface area contributed by atoms with Crippen LogP contribution in [-0.4, -0.2) is 35.6 Å². The van der Waals surface area contributed by atoms with Gasteiger partial charge >= 0.3 is 6.09 Å². The first-order valence-electron chi connectivity index (χ1n) is 11.8. The van der Waals surface area contributed by atoms with Crippen LogP contribution in [0.4, 0.5) is 13.6 Å². The lowest BCUT2D eigenvalue weighted by Crippen LogP contribution is -2.40. The molecule has 1 fully saturated rings. The third-order valence-electron chi connectivity index (χ3n) is 6.23. The first-order valence-corrected chi connectivity index (χ1v) is 12.2. The molecule has 188 valence electrons. The average Bonchev–Trinajstić information content (AvgIpc) is 3.20. The molecular weight excluding hydrogens is 474 g/mol. The minimum Gasteiger partial charge on any atom is -0.458 e. The van der Waals surface area contributed by atoms with E-state index < -0.39 is 17.6 Å². The molecule has 8 heteroatoms. The number of likely N-dealkylation sites (tertiary alicyclic amines) is 1. The van der Waals surface area contributed by atoms with Gasteiger partial charge in [0.05, 0.1) is 11.6 Å². The van der Waals surface area contributed by atoms with Gasteiger partial charge in [0.15, 0.2) is 5.58 Å². The predicted octanol–water partition coefficient (Wildman–Crippen LogP) is 7.57. The maximum Gasteiger partial charge on any atom is 0.408 e. The maximum absolute atomic E-state index is 13.7. The summed E-state index contributed by atoms with van der Waals surface area (Å²) < 4.78 is 38.5. The second-order valence-corrected chi connectivity index (χ2v) is 10.5. The number of furan rings is 1. The molecule has 2 heterocycles. The number of alkyl halides is 2. The third kappa shape index (κ3) is 6.14. The molecule has 35 heavy (non-hydrogen) atoms. The van der Waals surface area contributed by atoms with E-state index >= 15 is 0 Å². The van der Waals surface area contributed by atoms with E-state index in [9.17, 15) is 13.6 Å². The number of hydrogen-bond acceptors (Lipinski definition) is 4. The molecule has 1 aliphatic heterocycles. The predicted molar refractivity (Wildman–Crippen MR) is 134 cm³/mol. The van der Waals surface area contributed by atoms with Gasteiger partial charge in [0, 0.05) is 37.4 Å². The molecule has 1 atom stereocenters. The summed E-state index contributed by atoms with van der Waals surface area (Å²) in [5.74, 6) is -2.02. The molecule has 0 spiro atoms. The van der Waals surface area contributed by atoms with Crippen LogP contribution in [0.15, 0.2) is 46.9 Å². The molecule has 0 saturated carbocycles. The Bertz CT molecular complexity index is 1210. The second kappa shape index (κ2) is 9.78. The number of halogens is 3. The summed E-state index contributed by atoms with van der Waals surface area (Å²) in [6.07, 6.45) is -0.762. The highest BCUT2D eigenvalue weighted by atomic mass is 35.5. The van der Waals surface area contributed by atoms with E-state index in [-0.39, 0.29) is 25.4 Å². The molecule has 0 aliphatic carbocycles. The summed E-state index contributed by atoms with van der Waals surface area (Å²) in [5.41, 5.74) is 2.93. The van der Waals surface area contributed by atoms with Gasteiger partial charge in [0.2, 0.25) is 0 Å². The lowest BCUT2D eigenvalue weighted by molar-refractivity contribution is -0.0619. The van der Waals surface area contributed by atoms with Crippen molar-refractivity contribution in [2.24, 2.45) is 0 Å². The van der Waals surface area contributed by atoms with E-state index in [0.717, 1.165) is 22.1 Å². The summed E-state index contributed by atoms with van der Waals surface area (Å²) in [7, 11) is 0. The highest BCUT2D eigenvalue weighted by molar-refractivity contribution is 6.35. The number of fused-ring (bicyclic) bond motifs is 1. The van der Waals surface area contributed by atoms with Crippen molar-refractivity contribution < 1.29 is 22.7 Å². The van der Waals surface area contributed by atoms with Crippen LogP contribution < -0.4 is 5.32 Å². The number of nitrogens with zero attached hydrogens (tertiary/aromatic N) is 1. The van der Waals surface area contributed by atoms with Gasteiger partial charge in [0.25, 0.3) is 5.92 Å². The summed E-state index contributed by atoms with van der Waals surface area (Å²) in [6.45, 7) is 8.34. The molecular formula is C27H31ClF2N2O3. The fourth-order valence-corrected chi connectivity index (χ4v) is 4.70. The normalized spacial score (nSPS) is 17.3. The number of carbonyl (C=O) groups excluding carboxylic acids is 1. The van der Waals surface area contributed by atoms with Gasteiger partial charge in [-0.25, -0.2) is 13.6 Å². The van der Waals surface area contributed by atoms with Gasteiger partial charge in [-0.15, -0.1) is 0 Å². The maximum atomic E-state index is 13.7. The zero-order valence-electron chi connectivity index (χ0n) is 20.5. The van der Waals surface area contributed by atoms with E-state index in [1.54, 1.807) is 20.8 Å². The van der Waals surface area contributed by atoms with Crippen LogP contribution >= 0.6 is 11.6 Å². The van der Waals surface area contributed by atoms with Gasteiger partial charge in [0.1, 0.15) is 11.4 Å². The minimum absolute atomic E-state index is 0.0188. The van der Waals surface area contributed by atoms with Crippen LogP contribution in [0.25, 0.3) is 22.1 Å². The molecule has 0 radical (unpaired) electrons. The van der Waals surface area contributed by atoms with Crippen molar-refractivity contribution in [2.45, 2.75) is 64.6 Å². The van der Waals surface area contributed by atoms with Crippen molar-refractivity contribution in [3.05, 3.63) is 58.8 Å². The number of amides is 1. The fraction of sp³-hybridized carbons (Fsp3) is 0.444. The van der Waals surface area contributed by atoms with Crippen molar-refractivity contribution in [2.75, 3.05) is 13.1 Å². The Morgan fingerprint density at radius 3 is 2.57 bits per heavy atom. The summed E-state index contributed by atoms with van der Waals surface area (Å²) in [4.78, 5) is 14.1. The van der Waals surface area contributed by atoms with Crippen LogP contribution in [0, 0.1) is 0 Å². The number of hydrogen-bond donors (Lipinski definition) is 1. The van der Waals surface area contributed by atoms with Gasteiger partial charge < -0.3 is 14.5 Å². The zero-order valence-corrected chi connectivity index (χ0v) is 21.2. The highest BCUT2D eigenvalue weighted by Crippen LogP contribution is 2.38. The Labute approximate surface area is 209 Å². The van der Waals surface area contributed by atoms with Crippen molar-refractivity contribution in [3.8, 4) is 11.1 Å². The van der Waals surface area contributed by atoms with E-state index in [2.05, 4.69) is 17.1 Å². The highest BCUT2D eigenvalue weighted by Gasteiger charge is 2.36. The fourth-order valence-electron chi connectivity index (χ4n) is 4.44. The zero-order chi connectivity index (χ0) is 25.4. The summed E-state index contributed by atoms with van der Waals surface area (Å²) >= 11 is 6.59. The first-order chi connectivity index (χ1) is 16.4. The Morgan fingerprint density at radius 1 is 1.20 bits per heavy atom. The lowest BCUT2D eigenvalue weighted by Gasteiger charge is -2.36. The van der Waals surface area contributed by atoms with E-state index in [1.165, 1.54) is 0 Å². The van der Waals surface area contributed by atoms with Crippen LogP contribution in [0.3, 0.4) is 0 Å². The standard InChI is InChI=1S/C27H31ClF2N2O3/c1-17(32-11-9-27(29,30)10-12-32)21-7-5-6-8-22(21)18-13-19-14-20(34-24(19)23(28)15-18)16-31-25(33)35-26(2,3)4/h5-8,13-15,17H,9-12,16H2,1-4H3,(H,31,33). The summed E-state index contributed by atoms with van der Waals surface area (Å²) in [6, 6.07) is 13.7. The smallest absolute Gasteiger partial charge is 0.408 e. The molecule has 1 aliphatic rings. The van der Waals surface area contributed by atoms with Gasteiger partial charge in [-0.2, -0.15) is 0 Å². The van der Waals surface area contributed by atoms with E-state index in [1.807, 2.05) is 42.5 Å². The molecule has 1 saturated heterocycles. The molecule has 1 aromatic heterocycles. The second-order valence-electron chi connectivity index (χ2n) is 10.1. The van der Waals surface area contributed by atoms with Gasteiger partial charge in [-0.05, 0) is 62.6 Å². The SMILES string of the molecule is CC(c1ccccc1-c1cc(Cl)c2oc(CNC(=O)OC(C)(C)C)cc2c1)N1CCC(F)(F)CC1. The number of carbonyl (C=O) groups is 1. The average molecular weight is 505 g/mol. The van der Waals surface area contributed by atoms with Crippen LogP contribution in [0.2, 0.25) is 5.02 Å². The number of benzene rings is 2. The number of alkyl carbamates (subject to hydrolysis) is 1. The number of nitrogens with one attached hydrogen (secondary N) is 1. The molecule has 0 bridgehead atoms. The monoisotopic (exact) mass is 504 g/mol. The third-order valence-corrected chi connectivity index (χ3v) is 6.51. The quantitative estimate of drug-likeness (QED) is 0.389. The molecule has 2 aromatic carbocycles.